The Kier molecular flexibility index (Phi) is 3.05. The third-order valence-electron chi connectivity index (χ3n) is 1.26. The van der Waals surface area contributed by atoms with E-state index in [1.807, 2.05) is 20.8 Å². The second kappa shape index (κ2) is 3.87. The summed E-state index contributed by atoms with van der Waals surface area (Å²) in [6, 6.07) is 0. The van der Waals surface area contributed by atoms with E-state index in [1.54, 1.807) is 0 Å². The molecule has 0 radical (unpaired) electrons. The average molecular weight is 187 g/mol. The van der Waals surface area contributed by atoms with Gasteiger partial charge in [0.25, 0.3) is 0 Å². The Labute approximate surface area is 76.0 Å². The molecule has 4 heteroatoms. The minimum absolute atomic E-state index is 0.00750. The maximum absolute atomic E-state index is 8.94. The summed E-state index contributed by atoms with van der Waals surface area (Å²) in [4.78, 5) is 4.96. The highest BCUT2D eigenvalue weighted by Crippen LogP contribution is 2.25. The van der Waals surface area contributed by atoms with E-state index in [2.05, 4.69) is 4.98 Å². The number of aryl methyl sites for hydroxylation is 1. The number of nitrogens with zero attached hydrogens (tertiary/aromatic N) is 1. The van der Waals surface area contributed by atoms with Crippen molar-refractivity contribution in [2.24, 2.45) is 0 Å². The third-order valence-corrected chi connectivity index (χ3v) is 2.20. The van der Waals surface area contributed by atoms with Gasteiger partial charge in [-0.1, -0.05) is 0 Å². The van der Waals surface area contributed by atoms with Gasteiger partial charge in [-0.05, 0) is 20.8 Å². The topological polar surface area (TPSA) is 42.4 Å². The van der Waals surface area contributed by atoms with Crippen molar-refractivity contribution in [2.45, 2.75) is 33.5 Å². The molecule has 0 aromatic carbocycles. The molecular formula is C8H13NO2S. The zero-order chi connectivity index (χ0) is 9.14. The van der Waals surface area contributed by atoms with Crippen molar-refractivity contribution in [1.29, 1.82) is 0 Å². The van der Waals surface area contributed by atoms with E-state index < -0.39 is 0 Å². The van der Waals surface area contributed by atoms with Crippen LogP contribution in [-0.4, -0.2) is 16.2 Å². The Bertz CT molecular complexity index is 258. The van der Waals surface area contributed by atoms with E-state index in [0.29, 0.717) is 5.88 Å². The Morgan fingerprint density at radius 3 is 2.75 bits per heavy atom. The number of aromatic nitrogens is 1. The summed E-state index contributed by atoms with van der Waals surface area (Å²) in [7, 11) is 0. The van der Waals surface area contributed by atoms with Crippen LogP contribution in [0, 0.1) is 6.92 Å². The van der Waals surface area contributed by atoms with Crippen LogP contribution in [0.15, 0.2) is 0 Å². The summed E-state index contributed by atoms with van der Waals surface area (Å²) in [6.07, 6.45) is 0.108. The van der Waals surface area contributed by atoms with Gasteiger partial charge in [-0.15, -0.1) is 11.3 Å². The summed E-state index contributed by atoms with van der Waals surface area (Å²) in [6.45, 7) is 5.79. The zero-order valence-corrected chi connectivity index (χ0v) is 8.31. The number of aliphatic hydroxyl groups is 1. The molecule has 0 atom stereocenters. The van der Waals surface area contributed by atoms with E-state index in [1.165, 1.54) is 11.3 Å². The van der Waals surface area contributed by atoms with Gasteiger partial charge in [0, 0.05) is 0 Å². The molecule has 1 rings (SSSR count). The largest absolute Gasteiger partial charge is 0.474 e. The molecule has 1 N–H and O–H groups in total. The first-order valence-electron chi connectivity index (χ1n) is 3.87. The highest BCUT2D eigenvalue weighted by molar-refractivity contribution is 7.11. The predicted molar refractivity (Wildman–Crippen MR) is 48.5 cm³/mol. The number of ether oxygens (including phenoxy) is 1. The minimum atomic E-state index is 0.00750. The molecule has 0 aliphatic rings. The van der Waals surface area contributed by atoms with Crippen molar-refractivity contribution in [3.8, 4) is 5.88 Å². The molecule has 0 aliphatic heterocycles. The SMILES string of the molecule is Cc1nc(OC(C)C)c(CO)s1. The van der Waals surface area contributed by atoms with Crippen LogP contribution in [0.1, 0.15) is 23.7 Å². The van der Waals surface area contributed by atoms with Crippen LogP contribution >= 0.6 is 11.3 Å². The van der Waals surface area contributed by atoms with Crippen LogP contribution in [0.3, 0.4) is 0 Å². The standard InChI is InChI=1S/C8H13NO2S/c1-5(2)11-8-7(4-10)12-6(3)9-8/h5,10H,4H2,1-3H3. The molecule has 0 saturated heterocycles. The molecule has 1 aromatic rings. The van der Waals surface area contributed by atoms with Gasteiger partial charge in [-0.25, -0.2) is 4.98 Å². The molecule has 0 bridgehead atoms. The van der Waals surface area contributed by atoms with E-state index in [-0.39, 0.29) is 12.7 Å². The normalized spacial score (nSPS) is 10.8. The van der Waals surface area contributed by atoms with Crippen molar-refractivity contribution in [1.82, 2.24) is 4.98 Å². The molecule has 0 saturated carbocycles. The summed E-state index contributed by atoms with van der Waals surface area (Å²) in [5.41, 5.74) is 0. The van der Waals surface area contributed by atoms with E-state index in [0.717, 1.165) is 9.88 Å². The first-order valence-corrected chi connectivity index (χ1v) is 4.69. The van der Waals surface area contributed by atoms with Crippen LogP contribution in [0.2, 0.25) is 0 Å². The van der Waals surface area contributed by atoms with Gasteiger partial charge in [0.05, 0.1) is 22.6 Å². The third kappa shape index (κ3) is 2.19. The molecule has 3 nitrogen and oxygen atoms in total. The van der Waals surface area contributed by atoms with Gasteiger partial charge in [0.15, 0.2) is 0 Å². The van der Waals surface area contributed by atoms with Gasteiger partial charge in [0.1, 0.15) is 0 Å². The van der Waals surface area contributed by atoms with Crippen molar-refractivity contribution in [3.05, 3.63) is 9.88 Å². The fourth-order valence-corrected chi connectivity index (χ4v) is 1.60. The number of hydrogen-bond acceptors (Lipinski definition) is 4. The number of thiazole rings is 1. The van der Waals surface area contributed by atoms with Crippen LogP contribution < -0.4 is 4.74 Å². The lowest BCUT2D eigenvalue weighted by Gasteiger charge is -2.06. The molecule has 0 aliphatic carbocycles. The fraction of sp³-hybridized carbons (Fsp3) is 0.625. The van der Waals surface area contributed by atoms with Crippen molar-refractivity contribution in [3.63, 3.8) is 0 Å². The quantitative estimate of drug-likeness (QED) is 0.783. The molecule has 0 spiro atoms. The summed E-state index contributed by atoms with van der Waals surface area (Å²) >= 11 is 1.47. The fourth-order valence-electron chi connectivity index (χ4n) is 0.865. The molecule has 1 heterocycles. The molecule has 0 amide bonds. The number of hydrogen-bond donors (Lipinski definition) is 1. The molecular weight excluding hydrogens is 174 g/mol. The highest BCUT2D eigenvalue weighted by atomic mass is 32.1. The van der Waals surface area contributed by atoms with Crippen molar-refractivity contribution < 1.29 is 9.84 Å². The Hall–Kier alpha value is -0.610. The van der Waals surface area contributed by atoms with Crippen LogP contribution in [-0.2, 0) is 6.61 Å². The maximum atomic E-state index is 8.94. The molecule has 68 valence electrons. The predicted octanol–water partition coefficient (Wildman–Crippen LogP) is 1.73. The highest BCUT2D eigenvalue weighted by Gasteiger charge is 2.10. The van der Waals surface area contributed by atoms with Gasteiger partial charge < -0.3 is 9.84 Å². The Balaban J connectivity index is 2.81. The zero-order valence-electron chi connectivity index (χ0n) is 7.50. The number of aliphatic hydroxyl groups excluding tert-OH is 1. The van der Waals surface area contributed by atoms with E-state index in [9.17, 15) is 0 Å². The van der Waals surface area contributed by atoms with Gasteiger partial charge in [-0.3, -0.25) is 0 Å². The van der Waals surface area contributed by atoms with Crippen molar-refractivity contribution in [2.75, 3.05) is 0 Å². The average Bonchev–Trinajstić information content (AvgIpc) is 2.29. The van der Waals surface area contributed by atoms with Crippen molar-refractivity contribution >= 4 is 11.3 Å². The summed E-state index contributed by atoms with van der Waals surface area (Å²) in [5.74, 6) is 0.579. The lowest BCUT2D eigenvalue weighted by Crippen LogP contribution is -2.07. The summed E-state index contributed by atoms with van der Waals surface area (Å²) in [5, 5.41) is 9.86. The Morgan fingerprint density at radius 2 is 2.25 bits per heavy atom. The van der Waals surface area contributed by atoms with Crippen LogP contribution in [0.25, 0.3) is 0 Å². The first-order chi connectivity index (χ1) is 5.63. The van der Waals surface area contributed by atoms with E-state index in [4.69, 9.17) is 9.84 Å². The first kappa shape index (κ1) is 9.48. The van der Waals surface area contributed by atoms with Crippen LogP contribution in [0.4, 0.5) is 0 Å². The number of rotatable bonds is 3. The van der Waals surface area contributed by atoms with Gasteiger partial charge >= 0.3 is 0 Å². The lowest BCUT2D eigenvalue weighted by molar-refractivity contribution is 0.220. The van der Waals surface area contributed by atoms with Gasteiger partial charge in [0.2, 0.25) is 5.88 Å². The summed E-state index contributed by atoms with van der Waals surface area (Å²) < 4.78 is 5.40. The molecule has 1 aromatic heterocycles. The second-order valence-electron chi connectivity index (χ2n) is 2.79. The second-order valence-corrected chi connectivity index (χ2v) is 4.07. The lowest BCUT2D eigenvalue weighted by atomic mass is 10.5. The molecule has 0 fully saturated rings. The minimum Gasteiger partial charge on any atom is -0.474 e. The maximum Gasteiger partial charge on any atom is 0.230 e. The van der Waals surface area contributed by atoms with E-state index >= 15 is 0 Å². The smallest absolute Gasteiger partial charge is 0.230 e. The van der Waals surface area contributed by atoms with Gasteiger partial charge in [-0.2, -0.15) is 0 Å². The molecule has 12 heavy (non-hydrogen) atoms. The Morgan fingerprint density at radius 1 is 1.58 bits per heavy atom. The monoisotopic (exact) mass is 187 g/mol. The molecule has 0 unspecified atom stereocenters. The van der Waals surface area contributed by atoms with Crippen LogP contribution in [0.5, 0.6) is 5.88 Å².